The van der Waals surface area contributed by atoms with Crippen LogP contribution < -0.4 is 16.0 Å². The standard InChI is InChI=1S/C10H14N4O4S/c11-12-8-4-5-9(14(15)16)10(6-8)19(17,18)13-7-2-1-3-7/h4-7,12-13H,1-3,11H2. The lowest BCUT2D eigenvalue weighted by atomic mass is 9.94. The van der Waals surface area contributed by atoms with Crippen LogP contribution in [0.3, 0.4) is 0 Å². The zero-order valence-electron chi connectivity index (χ0n) is 10.00. The summed E-state index contributed by atoms with van der Waals surface area (Å²) < 4.78 is 26.7. The molecule has 0 radical (unpaired) electrons. The molecule has 1 fully saturated rings. The van der Waals surface area contributed by atoms with Crippen molar-refractivity contribution in [3.63, 3.8) is 0 Å². The van der Waals surface area contributed by atoms with Gasteiger partial charge in [-0.3, -0.25) is 16.0 Å². The van der Waals surface area contributed by atoms with Gasteiger partial charge in [0.25, 0.3) is 5.69 Å². The van der Waals surface area contributed by atoms with Crippen molar-refractivity contribution < 1.29 is 13.3 Å². The molecular formula is C10H14N4O4S. The fourth-order valence-corrected chi connectivity index (χ4v) is 3.28. The summed E-state index contributed by atoms with van der Waals surface area (Å²) in [4.78, 5) is 9.80. The molecule has 1 aromatic carbocycles. The summed E-state index contributed by atoms with van der Waals surface area (Å²) in [5.74, 6) is 5.19. The highest BCUT2D eigenvalue weighted by Crippen LogP contribution is 2.28. The van der Waals surface area contributed by atoms with Crippen LogP contribution in [0.2, 0.25) is 0 Å². The van der Waals surface area contributed by atoms with Gasteiger partial charge in [0.05, 0.1) is 10.6 Å². The predicted octanol–water partition coefficient (Wildman–Crippen LogP) is 0.711. The van der Waals surface area contributed by atoms with Crippen molar-refractivity contribution >= 4 is 21.4 Å². The maximum absolute atomic E-state index is 12.1. The Morgan fingerprint density at radius 3 is 2.53 bits per heavy atom. The number of rotatable bonds is 5. The summed E-state index contributed by atoms with van der Waals surface area (Å²) in [5, 5.41) is 10.9. The van der Waals surface area contributed by atoms with Gasteiger partial charge in [0.1, 0.15) is 0 Å². The number of sulfonamides is 1. The lowest BCUT2D eigenvalue weighted by Crippen LogP contribution is -2.39. The van der Waals surface area contributed by atoms with Gasteiger partial charge >= 0.3 is 0 Å². The van der Waals surface area contributed by atoms with Gasteiger partial charge in [-0.15, -0.1) is 0 Å². The van der Waals surface area contributed by atoms with Crippen molar-refractivity contribution in [2.45, 2.75) is 30.2 Å². The van der Waals surface area contributed by atoms with Crippen LogP contribution in [-0.4, -0.2) is 19.4 Å². The number of nitro groups is 1. The predicted molar refractivity (Wildman–Crippen MR) is 68.9 cm³/mol. The molecule has 0 aliphatic heterocycles. The number of nitrogens with one attached hydrogen (secondary N) is 2. The van der Waals surface area contributed by atoms with Gasteiger partial charge in [-0.1, -0.05) is 6.42 Å². The number of hydrogen-bond donors (Lipinski definition) is 3. The van der Waals surface area contributed by atoms with Crippen LogP contribution in [0.25, 0.3) is 0 Å². The highest BCUT2D eigenvalue weighted by Gasteiger charge is 2.30. The molecule has 1 aliphatic rings. The van der Waals surface area contributed by atoms with Crippen molar-refractivity contribution in [1.82, 2.24) is 4.72 Å². The lowest BCUT2D eigenvalue weighted by Gasteiger charge is -2.26. The Labute approximate surface area is 110 Å². The highest BCUT2D eigenvalue weighted by molar-refractivity contribution is 7.89. The summed E-state index contributed by atoms with van der Waals surface area (Å²) in [7, 11) is -3.92. The average molecular weight is 286 g/mol. The van der Waals surface area contributed by atoms with E-state index in [4.69, 9.17) is 5.84 Å². The van der Waals surface area contributed by atoms with Crippen LogP contribution in [0.5, 0.6) is 0 Å². The highest BCUT2D eigenvalue weighted by atomic mass is 32.2. The number of anilines is 1. The number of nitrogen functional groups attached to an aromatic ring is 1. The van der Waals surface area contributed by atoms with E-state index in [1.165, 1.54) is 6.07 Å². The van der Waals surface area contributed by atoms with Crippen LogP contribution in [0.1, 0.15) is 19.3 Å². The van der Waals surface area contributed by atoms with E-state index in [1.54, 1.807) is 0 Å². The van der Waals surface area contributed by atoms with E-state index >= 15 is 0 Å². The summed E-state index contributed by atoms with van der Waals surface area (Å²) in [6.45, 7) is 0. The first-order valence-electron chi connectivity index (χ1n) is 5.71. The lowest BCUT2D eigenvalue weighted by molar-refractivity contribution is -0.387. The Hall–Kier alpha value is -1.71. The second-order valence-electron chi connectivity index (χ2n) is 4.33. The number of nitro benzene ring substituents is 1. The summed E-state index contributed by atoms with van der Waals surface area (Å²) in [5.41, 5.74) is 2.10. The van der Waals surface area contributed by atoms with Gasteiger partial charge in [0.2, 0.25) is 10.0 Å². The maximum atomic E-state index is 12.1. The van der Waals surface area contributed by atoms with Crippen LogP contribution in [-0.2, 0) is 10.0 Å². The minimum Gasteiger partial charge on any atom is -0.324 e. The van der Waals surface area contributed by atoms with Crippen molar-refractivity contribution in [3.8, 4) is 0 Å². The van der Waals surface area contributed by atoms with E-state index in [-0.39, 0.29) is 10.9 Å². The zero-order valence-corrected chi connectivity index (χ0v) is 10.8. The largest absolute Gasteiger partial charge is 0.324 e. The van der Waals surface area contributed by atoms with E-state index in [9.17, 15) is 18.5 Å². The average Bonchev–Trinajstić information content (AvgIpc) is 2.33. The molecule has 0 unspecified atom stereocenters. The third-order valence-electron chi connectivity index (χ3n) is 3.04. The number of hydrazine groups is 1. The van der Waals surface area contributed by atoms with Gasteiger partial charge in [-0.2, -0.15) is 0 Å². The fourth-order valence-electron chi connectivity index (χ4n) is 1.78. The van der Waals surface area contributed by atoms with Crippen LogP contribution >= 0.6 is 0 Å². The molecule has 104 valence electrons. The van der Waals surface area contributed by atoms with Gasteiger partial charge in [0, 0.05) is 12.1 Å². The maximum Gasteiger partial charge on any atom is 0.289 e. The second kappa shape index (κ2) is 5.11. The molecule has 0 aromatic heterocycles. The van der Waals surface area contributed by atoms with Gasteiger partial charge in [0.15, 0.2) is 4.90 Å². The third kappa shape index (κ3) is 2.83. The minimum absolute atomic E-state index is 0.140. The first-order chi connectivity index (χ1) is 8.94. The van der Waals surface area contributed by atoms with E-state index in [0.717, 1.165) is 31.4 Å². The van der Waals surface area contributed by atoms with Crippen molar-refractivity contribution in [3.05, 3.63) is 28.3 Å². The molecule has 0 spiro atoms. The Morgan fingerprint density at radius 2 is 2.05 bits per heavy atom. The van der Waals surface area contributed by atoms with Crippen LogP contribution in [0.4, 0.5) is 11.4 Å². The number of nitrogens with two attached hydrogens (primary N) is 1. The first-order valence-corrected chi connectivity index (χ1v) is 7.20. The van der Waals surface area contributed by atoms with E-state index in [2.05, 4.69) is 10.1 Å². The van der Waals surface area contributed by atoms with Gasteiger partial charge in [-0.05, 0) is 25.0 Å². The van der Waals surface area contributed by atoms with Crippen molar-refractivity contribution in [1.29, 1.82) is 0 Å². The quantitative estimate of drug-likeness (QED) is 0.415. The van der Waals surface area contributed by atoms with E-state index in [1.807, 2.05) is 0 Å². The van der Waals surface area contributed by atoms with Gasteiger partial charge in [-0.25, -0.2) is 13.1 Å². The molecule has 19 heavy (non-hydrogen) atoms. The molecule has 8 nitrogen and oxygen atoms in total. The monoisotopic (exact) mass is 286 g/mol. The zero-order chi connectivity index (χ0) is 14.0. The molecule has 1 aromatic rings. The van der Waals surface area contributed by atoms with Crippen LogP contribution in [0, 0.1) is 10.1 Å². The number of benzene rings is 1. The molecule has 0 amide bonds. The Balaban J connectivity index is 2.42. The second-order valence-corrected chi connectivity index (χ2v) is 6.02. The molecule has 0 bridgehead atoms. The van der Waals surface area contributed by atoms with E-state index < -0.39 is 20.6 Å². The van der Waals surface area contributed by atoms with E-state index in [0.29, 0.717) is 5.69 Å². The van der Waals surface area contributed by atoms with Crippen LogP contribution in [0.15, 0.2) is 23.1 Å². The topological polar surface area (TPSA) is 127 Å². The summed E-state index contributed by atoms with van der Waals surface area (Å²) in [6.07, 6.45) is 2.46. The number of hydrogen-bond acceptors (Lipinski definition) is 6. The minimum atomic E-state index is -3.92. The normalized spacial score (nSPS) is 15.8. The first kappa shape index (κ1) is 13.7. The van der Waals surface area contributed by atoms with Gasteiger partial charge < -0.3 is 5.43 Å². The molecule has 0 heterocycles. The fraction of sp³-hybridized carbons (Fsp3) is 0.400. The molecule has 1 aliphatic carbocycles. The summed E-state index contributed by atoms with van der Waals surface area (Å²) >= 11 is 0. The Morgan fingerprint density at radius 1 is 1.37 bits per heavy atom. The molecular weight excluding hydrogens is 272 g/mol. The molecule has 0 saturated heterocycles. The molecule has 1 saturated carbocycles. The Bertz CT molecular complexity index is 598. The van der Waals surface area contributed by atoms with Crippen molar-refractivity contribution in [2.24, 2.45) is 5.84 Å². The molecule has 2 rings (SSSR count). The summed E-state index contributed by atoms with van der Waals surface area (Å²) in [6, 6.07) is 3.48. The molecule has 0 atom stereocenters. The smallest absolute Gasteiger partial charge is 0.289 e. The Kier molecular flexibility index (Phi) is 3.69. The number of nitrogens with zero attached hydrogens (tertiary/aromatic N) is 1. The third-order valence-corrected chi connectivity index (χ3v) is 4.59. The SMILES string of the molecule is NNc1ccc([N+](=O)[O-])c(S(=O)(=O)NC2CCC2)c1. The molecule has 9 heteroatoms. The molecule has 4 N–H and O–H groups in total. The van der Waals surface area contributed by atoms with Crippen molar-refractivity contribution in [2.75, 3.05) is 5.43 Å².